The molecule has 246 valence electrons. The maximum Gasteiger partial charge on any atom is 0.434 e. The van der Waals surface area contributed by atoms with Gasteiger partial charge < -0.3 is 14.2 Å². The van der Waals surface area contributed by atoms with E-state index >= 15 is 0 Å². The number of rotatable bonds is 9. The average Bonchev–Trinajstić information content (AvgIpc) is 3.31. The maximum absolute atomic E-state index is 14.4. The molecular formula is C32H23Cl4F3N2O5S. The summed E-state index contributed by atoms with van der Waals surface area (Å²) in [6.45, 7) is 3.32. The van der Waals surface area contributed by atoms with Gasteiger partial charge in [-0.25, -0.2) is 9.79 Å². The van der Waals surface area contributed by atoms with Crippen LogP contribution in [0.25, 0.3) is 6.08 Å². The molecule has 1 aliphatic heterocycles. The average molecular weight is 746 g/mol. The van der Waals surface area contributed by atoms with Gasteiger partial charge in [-0.1, -0.05) is 75.9 Å². The third kappa shape index (κ3) is 7.49. The Bertz CT molecular complexity index is 2060. The van der Waals surface area contributed by atoms with Crippen LogP contribution in [-0.2, 0) is 16.1 Å². The molecule has 1 aliphatic rings. The van der Waals surface area contributed by atoms with Gasteiger partial charge in [0.2, 0.25) is 0 Å². The maximum atomic E-state index is 14.4. The fraction of sp³-hybridized carbons (Fsp3) is 0.219. The monoisotopic (exact) mass is 744 g/mol. The molecule has 1 atom stereocenters. The van der Waals surface area contributed by atoms with Crippen LogP contribution in [0.3, 0.4) is 0 Å². The fourth-order valence-electron chi connectivity index (χ4n) is 4.82. The van der Waals surface area contributed by atoms with Crippen LogP contribution in [0.15, 0.2) is 75.7 Å². The fourth-order valence-corrected chi connectivity index (χ4v) is 6.68. The number of nitrogens with zero attached hydrogens (tertiary/aromatic N) is 2. The highest BCUT2D eigenvalue weighted by Gasteiger charge is 2.45. The zero-order chi connectivity index (χ0) is 34.0. The summed E-state index contributed by atoms with van der Waals surface area (Å²) in [4.78, 5) is 30.4. The highest BCUT2D eigenvalue weighted by atomic mass is 35.5. The van der Waals surface area contributed by atoms with Crippen molar-refractivity contribution in [2.45, 2.75) is 32.7 Å². The van der Waals surface area contributed by atoms with Crippen molar-refractivity contribution in [2.24, 2.45) is 4.99 Å². The van der Waals surface area contributed by atoms with E-state index in [-0.39, 0.29) is 51.2 Å². The van der Waals surface area contributed by atoms with Gasteiger partial charge in [0, 0.05) is 20.6 Å². The molecule has 47 heavy (non-hydrogen) atoms. The van der Waals surface area contributed by atoms with E-state index in [1.165, 1.54) is 43.3 Å². The topological polar surface area (TPSA) is 79.1 Å². The van der Waals surface area contributed by atoms with Gasteiger partial charge in [-0.15, -0.1) is 0 Å². The van der Waals surface area contributed by atoms with Crippen molar-refractivity contribution < 1.29 is 32.2 Å². The van der Waals surface area contributed by atoms with Crippen molar-refractivity contribution in [1.82, 2.24) is 4.57 Å². The first-order valence-electron chi connectivity index (χ1n) is 13.9. The van der Waals surface area contributed by atoms with E-state index in [1.54, 1.807) is 31.2 Å². The molecule has 7 nitrogen and oxygen atoms in total. The van der Waals surface area contributed by atoms with Crippen molar-refractivity contribution in [3.05, 3.63) is 122 Å². The van der Waals surface area contributed by atoms with Crippen LogP contribution < -0.4 is 24.4 Å². The number of aromatic nitrogens is 1. The summed E-state index contributed by atoms with van der Waals surface area (Å²) in [5.41, 5.74) is -1.72. The second kappa shape index (κ2) is 14.3. The number of fused-ring (bicyclic) bond motifs is 1. The number of hydrogen-bond donors (Lipinski definition) is 0. The number of benzene rings is 3. The Morgan fingerprint density at radius 3 is 2.30 bits per heavy atom. The summed E-state index contributed by atoms with van der Waals surface area (Å²) in [5.74, 6) is -0.775. The molecule has 4 aromatic rings. The molecule has 0 amide bonds. The Kier molecular flexibility index (Phi) is 10.6. The third-order valence-electron chi connectivity index (χ3n) is 6.80. The molecule has 0 radical (unpaired) electrons. The van der Waals surface area contributed by atoms with Gasteiger partial charge in [-0.2, -0.15) is 13.2 Å². The van der Waals surface area contributed by atoms with E-state index < -0.39 is 35.0 Å². The van der Waals surface area contributed by atoms with Gasteiger partial charge in [-0.05, 0) is 67.4 Å². The van der Waals surface area contributed by atoms with Gasteiger partial charge in [-0.3, -0.25) is 9.36 Å². The number of allylic oxidation sites excluding steroid dienone is 1. The van der Waals surface area contributed by atoms with Gasteiger partial charge in [0.05, 0.1) is 34.4 Å². The molecular weight excluding hydrogens is 723 g/mol. The zero-order valence-electron chi connectivity index (χ0n) is 24.5. The van der Waals surface area contributed by atoms with E-state index in [0.29, 0.717) is 26.2 Å². The lowest BCUT2D eigenvalue weighted by atomic mass is 9.95. The molecule has 3 aromatic carbocycles. The van der Waals surface area contributed by atoms with E-state index in [9.17, 15) is 22.8 Å². The van der Waals surface area contributed by atoms with Crippen molar-refractivity contribution >= 4 is 69.8 Å². The molecule has 1 aromatic heterocycles. The SMILES string of the molecule is CCOC(=O)C1=C(C(F)(F)F)N=c2s/c(=C\c3cc(Cl)c(OCc4ccc(Cl)cc4Cl)c(OCC)c3)c(=O)n2[C@@H]1c1ccc(Cl)cc1. The number of thiazole rings is 1. The highest BCUT2D eigenvalue weighted by molar-refractivity contribution is 7.07. The molecule has 0 bridgehead atoms. The van der Waals surface area contributed by atoms with Crippen LogP contribution in [0.5, 0.6) is 11.5 Å². The van der Waals surface area contributed by atoms with E-state index in [4.69, 9.17) is 60.6 Å². The summed E-state index contributed by atoms with van der Waals surface area (Å²) in [7, 11) is 0. The predicted octanol–water partition coefficient (Wildman–Crippen LogP) is 7.93. The summed E-state index contributed by atoms with van der Waals surface area (Å²) < 4.78 is 60.9. The Morgan fingerprint density at radius 2 is 1.66 bits per heavy atom. The first kappa shape index (κ1) is 34.8. The molecule has 0 aliphatic carbocycles. The third-order valence-corrected chi connectivity index (χ3v) is 8.90. The van der Waals surface area contributed by atoms with Crippen LogP contribution in [0.4, 0.5) is 13.2 Å². The number of alkyl halides is 3. The van der Waals surface area contributed by atoms with E-state index in [2.05, 4.69) is 4.99 Å². The lowest BCUT2D eigenvalue weighted by molar-refractivity contribution is -0.140. The molecule has 0 spiro atoms. The second-order valence-electron chi connectivity index (χ2n) is 9.90. The van der Waals surface area contributed by atoms with Crippen LogP contribution in [-0.4, -0.2) is 29.9 Å². The normalized spacial score (nSPS) is 14.9. The lowest BCUT2D eigenvalue weighted by Gasteiger charge is -2.26. The Balaban J connectivity index is 1.64. The molecule has 2 heterocycles. The highest BCUT2D eigenvalue weighted by Crippen LogP contribution is 2.40. The molecule has 0 fully saturated rings. The number of esters is 1. The van der Waals surface area contributed by atoms with Gasteiger partial charge in [0.15, 0.2) is 22.0 Å². The Labute approximate surface area is 290 Å². The number of hydrogen-bond acceptors (Lipinski definition) is 7. The smallest absolute Gasteiger partial charge is 0.434 e. The summed E-state index contributed by atoms with van der Waals surface area (Å²) in [5, 5.41) is 1.32. The minimum absolute atomic E-state index is 0.0227. The van der Waals surface area contributed by atoms with E-state index in [0.717, 1.165) is 15.9 Å². The van der Waals surface area contributed by atoms with E-state index in [1.807, 2.05) is 0 Å². The van der Waals surface area contributed by atoms with Gasteiger partial charge in [0.25, 0.3) is 5.56 Å². The van der Waals surface area contributed by atoms with Gasteiger partial charge >= 0.3 is 12.1 Å². The first-order valence-corrected chi connectivity index (χ1v) is 16.2. The number of carbonyl (C=O) groups excluding carboxylic acids is 1. The molecule has 0 saturated carbocycles. The molecule has 5 rings (SSSR count). The minimum atomic E-state index is -5.03. The molecule has 0 unspecified atom stereocenters. The first-order chi connectivity index (χ1) is 22.3. The Morgan fingerprint density at radius 1 is 0.957 bits per heavy atom. The summed E-state index contributed by atoms with van der Waals surface area (Å²) in [6, 6.07) is 12.3. The van der Waals surface area contributed by atoms with Crippen LogP contribution in [0, 0.1) is 0 Å². The standard InChI is InChI=1S/C32H23Cl4F3N2O5S/c1-3-44-23-12-16(11-22(36)27(23)46-15-18-7-10-20(34)14-21(18)35)13-24-29(42)41-26(17-5-8-19(33)9-6-17)25(30(43)45-4-2)28(32(37,38)39)40-31(41)47-24/h5-14,26H,3-4,15H2,1-2H3/b24-13-/t26-/m1/s1. The number of ether oxygens (including phenoxy) is 3. The lowest BCUT2D eigenvalue weighted by Crippen LogP contribution is -2.41. The van der Waals surface area contributed by atoms with Crippen molar-refractivity contribution in [3.8, 4) is 11.5 Å². The Hall–Kier alpha value is -3.48. The predicted molar refractivity (Wildman–Crippen MR) is 176 cm³/mol. The van der Waals surface area contributed by atoms with Crippen molar-refractivity contribution in [2.75, 3.05) is 13.2 Å². The summed E-state index contributed by atoms with van der Waals surface area (Å²) in [6.07, 6.45) is -3.59. The zero-order valence-corrected chi connectivity index (χ0v) is 28.3. The van der Waals surface area contributed by atoms with Crippen molar-refractivity contribution in [1.29, 1.82) is 0 Å². The van der Waals surface area contributed by atoms with Crippen LogP contribution >= 0.6 is 57.7 Å². The number of halogens is 7. The minimum Gasteiger partial charge on any atom is -0.490 e. The largest absolute Gasteiger partial charge is 0.490 e. The van der Waals surface area contributed by atoms with Crippen LogP contribution in [0.2, 0.25) is 20.1 Å². The molecule has 0 saturated heterocycles. The number of carbonyl (C=O) groups is 1. The van der Waals surface area contributed by atoms with Crippen molar-refractivity contribution in [3.63, 3.8) is 0 Å². The summed E-state index contributed by atoms with van der Waals surface area (Å²) >= 11 is 25.6. The molecule has 0 N–H and O–H groups in total. The van der Waals surface area contributed by atoms with Gasteiger partial charge in [0.1, 0.15) is 6.61 Å². The van der Waals surface area contributed by atoms with Crippen LogP contribution in [0.1, 0.15) is 36.6 Å². The molecule has 15 heteroatoms. The quantitative estimate of drug-likeness (QED) is 0.163. The second-order valence-corrected chi connectivity index (χ2v) is 12.6.